The van der Waals surface area contributed by atoms with Gasteiger partial charge in [-0.1, -0.05) is 0 Å². The zero-order valence-corrected chi connectivity index (χ0v) is 13.2. The number of aromatic nitrogens is 1. The topological polar surface area (TPSA) is 75.4 Å². The van der Waals surface area contributed by atoms with Crippen molar-refractivity contribution in [3.05, 3.63) is 23.5 Å². The van der Waals surface area contributed by atoms with E-state index in [9.17, 15) is 18.0 Å². The van der Waals surface area contributed by atoms with Crippen LogP contribution < -0.4 is 4.74 Å². The van der Waals surface area contributed by atoms with Crippen LogP contribution in [-0.4, -0.2) is 41.9 Å². The summed E-state index contributed by atoms with van der Waals surface area (Å²) in [6, 6.07) is 1.96. The molecule has 1 aliphatic rings. The first kappa shape index (κ1) is 18.0. The van der Waals surface area contributed by atoms with Gasteiger partial charge < -0.3 is 9.64 Å². The van der Waals surface area contributed by atoms with E-state index in [0.29, 0.717) is 11.3 Å². The zero-order chi connectivity index (χ0) is 18.0. The summed E-state index contributed by atoms with van der Waals surface area (Å²) in [4.78, 5) is 17.9. The molecule has 1 aromatic heterocycles. The number of pyridine rings is 1. The zero-order valence-electron chi connectivity index (χ0n) is 13.2. The molecule has 0 spiro atoms. The number of fused-ring (bicyclic) bond motifs is 1. The van der Waals surface area contributed by atoms with Crippen molar-refractivity contribution in [2.24, 2.45) is 5.41 Å². The summed E-state index contributed by atoms with van der Waals surface area (Å²) in [5, 5.41) is 9.06. The first-order valence-electron chi connectivity index (χ1n) is 7.14. The minimum Gasteiger partial charge on any atom is -0.490 e. The summed E-state index contributed by atoms with van der Waals surface area (Å²) >= 11 is 0. The number of carbonyl (C=O) groups excluding carboxylic acids is 1. The SMILES string of the molecule is CC(C)(COC(F)(F)F)C(=O)N1CCOc2c(C#N)cncc2C1. The minimum absolute atomic E-state index is 0.103. The number of nitriles is 1. The van der Waals surface area contributed by atoms with Crippen molar-refractivity contribution in [1.29, 1.82) is 5.26 Å². The van der Waals surface area contributed by atoms with E-state index >= 15 is 0 Å². The summed E-state index contributed by atoms with van der Waals surface area (Å²) in [6.45, 7) is 2.42. The highest BCUT2D eigenvalue weighted by molar-refractivity contribution is 5.82. The Balaban J connectivity index is 2.17. The van der Waals surface area contributed by atoms with Crippen LogP contribution in [0.2, 0.25) is 0 Å². The third-order valence-corrected chi connectivity index (χ3v) is 3.52. The molecule has 1 aromatic rings. The highest BCUT2D eigenvalue weighted by Gasteiger charge is 2.39. The number of carbonyl (C=O) groups is 1. The third-order valence-electron chi connectivity index (χ3n) is 3.52. The van der Waals surface area contributed by atoms with E-state index in [0.717, 1.165) is 0 Å². The molecular formula is C15H16F3N3O3. The molecule has 0 bridgehead atoms. The monoisotopic (exact) mass is 343 g/mol. The van der Waals surface area contributed by atoms with Crippen molar-refractivity contribution in [2.75, 3.05) is 19.8 Å². The second kappa shape index (κ2) is 6.65. The van der Waals surface area contributed by atoms with Gasteiger partial charge in [-0.25, -0.2) is 0 Å². The molecule has 0 unspecified atom stereocenters. The highest BCUT2D eigenvalue weighted by Crippen LogP contribution is 2.30. The smallest absolute Gasteiger partial charge is 0.490 e. The lowest BCUT2D eigenvalue weighted by Gasteiger charge is -2.30. The van der Waals surface area contributed by atoms with Gasteiger partial charge in [-0.05, 0) is 13.8 Å². The molecule has 0 aliphatic carbocycles. The minimum atomic E-state index is -4.79. The number of amides is 1. The summed E-state index contributed by atoms with van der Waals surface area (Å²) in [7, 11) is 0. The molecule has 0 radical (unpaired) electrons. The van der Waals surface area contributed by atoms with Crippen LogP contribution in [0.15, 0.2) is 12.4 Å². The molecule has 1 amide bonds. The van der Waals surface area contributed by atoms with Crippen molar-refractivity contribution in [3.63, 3.8) is 0 Å². The Morgan fingerprint density at radius 3 is 2.79 bits per heavy atom. The molecule has 6 nitrogen and oxygen atoms in total. The Bertz CT molecular complexity index is 668. The Morgan fingerprint density at radius 1 is 1.46 bits per heavy atom. The molecule has 130 valence electrons. The van der Waals surface area contributed by atoms with Gasteiger partial charge in [0.15, 0.2) is 0 Å². The maximum atomic E-state index is 12.6. The number of halogens is 3. The van der Waals surface area contributed by atoms with Gasteiger partial charge in [-0.15, -0.1) is 13.2 Å². The van der Waals surface area contributed by atoms with Crippen LogP contribution in [0, 0.1) is 16.7 Å². The molecule has 24 heavy (non-hydrogen) atoms. The molecule has 0 fully saturated rings. The normalized spacial score (nSPS) is 15.1. The highest BCUT2D eigenvalue weighted by atomic mass is 19.4. The van der Waals surface area contributed by atoms with Gasteiger partial charge in [-0.3, -0.25) is 14.5 Å². The second-order valence-electron chi connectivity index (χ2n) is 5.98. The lowest BCUT2D eigenvalue weighted by molar-refractivity contribution is -0.331. The number of nitrogens with zero attached hydrogens (tertiary/aromatic N) is 3. The Morgan fingerprint density at radius 2 is 2.17 bits per heavy atom. The largest absolute Gasteiger partial charge is 0.522 e. The van der Waals surface area contributed by atoms with Gasteiger partial charge in [0, 0.05) is 18.0 Å². The van der Waals surface area contributed by atoms with Crippen molar-refractivity contribution < 1.29 is 27.4 Å². The van der Waals surface area contributed by atoms with Crippen molar-refractivity contribution in [2.45, 2.75) is 26.8 Å². The number of hydrogen-bond donors (Lipinski definition) is 0. The number of rotatable bonds is 3. The van der Waals surface area contributed by atoms with Gasteiger partial charge in [0.2, 0.25) is 5.91 Å². The summed E-state index contributed by atoms with van der Waals surface area (Å²) in [5.41, 5.74) is -0.575. The first-order valence-corrected chi connectivity index (χ1v) is 7.14. The second-order valence-corrected chi connectivity index (χ2v) is 5.98. The molecule has 0 atom stereocenters. The van der Waals surface area contributed by atoms with E-state index in [4.69, 9.17) is 10.00 Å². The average Bonchev–Trinajstić information content (AvgIpc) is 2.73. The Kier molecular flexibility index (Phi) is 4.99. The van der Waals surface area contributed by atoms with Crippen LogP contribution in [0.3, 0.4) is 0 Å². The maximum absolute atomic E-state index is 12.6. The summed E-state index contributed by atoms with van der Waals surface area (Å²) in [6.07, 6.45) is -1.96. The molecule has 0 N–H and O–H groups in total. The van der Waals surface area contributed by atoms with Crippen LogP contribution in [0.5, 0.6) is 5.75 Å². The molecule has 2 rings (SSSR count). The van der Waals surface area contributed by atoms with Gasteiger partial charge in [0.1, 0.15) is 24.0 Å². The first-order chi connectivity index (χ1) is 11.1. The number of alkyl halides is 3. The molecule has 9 heteroatoms. The lowest BCUT2D eigenvalue weighted by atomic mass is 9.92. The average molecular weight is 343 g/mol. The fraction of sp³-hybridized carbons (Fsp3) is 0.533. The fourth-order valence-electron chi connectivity index (χ4n) is 2.32. The number of hydrogen-bond acceptors (Lipinski definition) is 5. The fourth-order valence-corrected chi connectivity index (χ4v) is 2.32. The van der Waals surface area contributed by atoms with Crippen LogP contribution in [-0.2, 0) is 16.1 Å². The van der Waals surface area contributed by atoms with E-state index < -0.39 is 24.3 Å². The van der Waals surface area contributed by atoms with Crippen molar-refractivity contribution in [1.82, 2.24) is 9.88 Å². The quantitative estimate of drug-likeness (QED) is 0.841. The van der Waals surface area contributed by atoms with Crippen LogP contribution in [0.4, 0.5) is 13.2 Å². The summed E-state index contributed by atoms with van der Waals surface area (Å²) in [5.74, 6) is -0.141. The van der Waals surface area contributed by atoms with E-state index in [1.54, 1.807) is 0 Å². The predicted molar refractivity (Wildman–Crippen MR) is 75.7 cm³/mol. The molecule has 1 aliphatic heterocycles. The Labute approximate surface area is 136 Å². The molecular weight excluding hydrogens is 327 g/mol. The lowest BCUT2D eigenvalue weighted by Crippen LogP contribution is -2.44. The van der Waals surface area contributed by atoms with E-state index in [-0.39, 0.29) is 25.3 Å². The van der Waals surface area contributed by atoms with Crippen molar-refractivity contribution in [3.8, 4) is 11.8 Å². The van der Waals surface area contributed by atoms with Crippen molar-refractivity contribution >= 4 is 5.91 Å². The summed E-state index contributed by atoms with van der Waals surface area (Å²) < 4.78 is 46.0. The van der Waals surface area contributed by atoms with E-state index in [1.807, 2.05) is 6.07 Å². The maximum Gasteiger partial charge on any atom is 0.522 e. The Hall–Kier alpha value is -2.34. The van der Waals surface area contributed by atoms with Gasteiger partial charge in [0.25, 0.3) is 0 Å². The van der Waals surface area contributed by atoms with Gasteiger partial charge in [0.05, 0.1) is 25.1 Å². The van der Waals surface area contributed by atoms with Crippen LogP contribution in [0.1, 0.15) is 25.0 Å². The van der Waals surface area contributed by atoms with E-state index in [2.05, 4.69) is 9.72 Å². The third kappa shape index (κ3) is 4.14. The molecule has 0 saturated heterocycles. The molecule has 0 saturated carbocycles. The van der Waals surface area contributed by atoms with Crippen LogP contribution in [0.25, 0.3) is 0 Å². The van der Waals surface area contributed by atoms with Gasteiger partial charge >= 0.3 is 6.36 Å². The van der Waals surface area contributed by atoms with Crippen LogP contribution >= 0.6 is 0 Å². The molecule has 2 heterocycles. The standard InChI is InChI=1S/C15H16F3N3O3/c1-14(2,9-24-15(16,17)18)13(22)21-3-4-23-12-10(5-19)6-20-7-11(12)8-21/h6-7H,3-4,8-9H2,1-2H3. The van der Waals surface area contributed by atoms with E-state index in [1.165, 1.54) is 31.1 Å². The van der Waals surface area contributed by atoms with Gasteiger partial charge in [-0.2, -0.15) is 5.26 Å². The number of ether oxygens (including phenoxy) is 2. The molecule has 0 aromatic carbocycles. The predicted octanol–water partition coefficient (Wildman–Crippen LogP) is 2.24.